The Morgan fingerprint density at radius 1 is 1.57 bits per heavy atom. The molecule has 0 amide bonds. The zero-order valence-electron chi connectivity index (χ0n) is 7.34. The van der Waals surface area contributed by atoms with Gasteiger partial charge in [-0.1, -0.05) is 0 Å². The molecule has 2 N–H and O–H groups in total. The Morgan fingerprint density at radius 2 is 2.14 bits per heavy atom. The fourth-order valence-corrected chi connectivity index (χ4v) is 0.760. The maximum Gasteiger partial charge on any atom is 0.469 e. The van der Waals surface area contributed by atoms with Crippen LogP contribution < -0.4 is 0 Å². The lowest BCUT2D eigenvalue weighted by Gasteiger charge is -2.01. The molecule has 0 heterocycles. The molecular formula is C6H10FO6P. The van der Waals surface area contributed by atoms with E-state index in [0.717, 1.165) is 0 Å². The number of phosphoric ester groups is 1. The number of hydrogen-bond acceptors (Lipinski definition) is 4. The summed E-state index contributed by atoms with van der Waals surface area (Å²) < 4.78 is 30.9. The quantitative estimate of drug-likeness (QED) is 0.404. The van der Waals surface area contributed by atoms with Crippen molar-refractivity contribution >= 4 is 13.8 Å². The van der Waals surface area contributed by atoms with Crippen LogP contribution in [0.2, 0.25) is 0 Å². The molecule has 0 aliphatic heterocycles. The molecule has 0 radical (unpaired) electrons. The molecule has 0 aliphatic rings. The molecule has 8 heteroatoms. The van der Waals surface area contributed by atoms with Gasteiger partial charge in [-0.15, -0.1) is 0 Å². The molecule has 14 heavy (non-hydrogen) atoms. The first kappa shape index (κ1) is 13.2. The minimum absolute atomic E-state index is 0.0133. The molecule has 0 bridgehead atoms. The SMILES string of the molecule is CCOC(=O)/C(F)=C/COP(=O)(O)O. The summed E-state index contributed by atoms with van der Waals surface area (Å²) in [6.07, 6.45) is 0.580. The van der Waals surface area contributed by atoms with Crippen LogP contribution in [-0.4, -0.2) is 29.0 Å². The van der Waals surface area contributed by atoms with Gasteiger partial charge in [0.1, 0.15) is 0 Å². The van der Waals surface area contributed by atoms with E-state index in [2.05, 4.69) is 9.26 Å². The maximum absolute atomic E-state index is 12.6. The van der Waals surface area contributed by atoms with Crippen molar-refractivity contribution in [2.45, 2.75) is 6.92 Å². The van der Waals surface area contributed by atoms with Crippen molar-refractivity contribution in [3.05, 3.63) is 11.9 Å². The average Bonchev–Trinajstić information content (AvgIpc) is 2.02. The summed E-state index contributed by atoms with van der Waals surface area (Å²) >= 11 is 0. The van der Waals surface area contributed by atoms with Crippen LogP contribution in [0, 0.1) is 0 Å². The standard InChI is InChI=1S/C6H10FO6P/c1-2-12-6(8)5(7)3-4-13-14(9,10)11/h3H,2,4H2,1H3,(H2,9,10,11)/b5-3-. The van der Waals surface area contributed by atoms with Crippen molar-refractivity contribution in [2.24, 2.45) is 0 Å². The van der Waals surface area contributed by atoms with Gasteiger partial charge in [0.25, 0.3) is 0 Å². The van der Waals surface area contributed by atoms with E-state index >= 15 is 0 Å². The Labute approximate surface area is 79.6 Å². The normalized spacial score (nSPS) is 12.7. The highest BCUT2D eigenvalue weighted by Crippen LogP contribution is 2.35. The molecule has 0 aromatic carbocycles. The van der Waals surface area contributed by atoms with Crippen LogP contribution in [0.3, 0.4) is 0 Å². The van der Waals surface area contributed by atoms with Gasteiger partial charge in [-0.2, -0.15) is 4.39 Å². The van der Waals surface area contributed by atoms with Gasteiger partial charge in [0.2, 0.25) is 5.83 Å². The minimum Gasteiger partial charge on any atom is -0.461 e. The van der Waals surface area contributed by atoms with E-state index < -0.39 is 26.2 Å². The summed E-state index contributed by atoms with van der Waals surface area (Å²) in [5.41, 5.74) is 0. The number of carbonyl (C=O) groups excluding carboxylic acids is 1. The van der Waals surface area contributed by atoms with E-state index in [1.807, 2.05) is 0 Å². The summed E-state index contributed by atoms with van der Waals surface area (Å²) in [5, 5.41) is 0. The molecule has 82 valence electrons. The van der Waals surface area contributed by atoms with Gasteiger partial charge in [0.05, 0.1) is 13.2 Å². The van der Waals surface area contributed by atoms with Crippen LogP contribution in [-0.2, 0) is 18.6 Å². The first-order valence-corrected chi connectivity index (χ1v) is 5.12. The van der Waals surface area contributed by atoms with Gasteiger partial charge < -0.3 is 14.5 Å². The molecule has 0 saturated carbocycles. The van der Waals surface area contributed by atoms with Crippen molar-refractivity contribution in [1.29, 1.82) is 0 Å². The number of phosphoric acid groups is 1. The number of hydrogen-bond donors (Lipinski definition) is 2. The molecule has 0 spiro atoms. The van der Waals surface area contributed by atoms with Gasteiger partial charge in [0.15, 0.2) is 0 Å². The monoisotopic (exact) mass is 228 g/mol. The Morgan fingerprint density at radius 3 is 2.57 bits per heavy atom. The van der Waals surface area contributed by atoms with E-state index in [1.54, 1.807) is 0 Å². The second kappa shape index (κ2) is 5.87. The first-order chi connectivity index (χ1) is 6.37. The van der Waals surface area contributed by atoms with E-state index in [1.165, 1.54) is 6.92 Å². The lowest BCUT2D eigenvalue weighted by molar-refractivity contribution is -0.140. The Balaban J connectivity index is 4.00. The third-order valence-corrected chi connectivity index (χ3v) is 1.46. The van der Waals surface area contributed by atoms with E-state index in [4.69, 9.17) is 9.79 Å². The third kappa shape index (κ3) is 6.73. The third-order valence-electron chi connectivity index (χ3n) is 0.976. The smallest absolute Gasteiger partial charge is 0.461 e. The van der Waals surface area contributed by atoms with E-state index in [9.17, 15) is 13.8 Å². The molecule has 0 aromatic rings. The minimum atomic E-state index is -4.63. The lowest BCUT2D eigenvalue weighted by Crippen LogP contribution is -2.05. The molecule has 0 fully saturated rings. The van der Waals surface area contributed by atoms with Crippen LogP contribution in [0.1, 0.15) is 6.92 Å². The number of carbonyl (C=O) groups is 1. The van der Waals surface area contributed by atoms with Crippen LogP contribution in [0.15, 0.2) is 11.9 Å². The van der Waals surface area contributed by atoms with Gasteiger partial charge in [-0.05, 0) is 13.0 Å². The van der Waals surface area contributed by atoms with Crippen molar-refractivity contribution in [3.8, 4) is 0 Å². The maximum atomic E-state index is 12.6. The largest absolute Gasteiger partial charge is 0.469 e. The second-order valence-electron chi connectivity index (χ2n) is 2.06. The van der Waals surface area contributed by atoms with Crippen LogP contribution in [0.4, 0.5) is 4.39 Å². The number of rotatable bonds is 5. The summed E-state index contributed by atoms with van der Waals surface area (Å²) in [4.78, 5) is 27.0. The zero-order chi connectivity index (χ0) is 11.2. The van der Waals surface area contributed by atoms with E-state index in [0.29, 0.717) is 6.08 Å². The number of ether oxygens (including phenoxy) is 1. The molecule has 6 nitrogen and oxygen atoms in total. The highest BCUT2D eigenvalue weighted by Gasteiger charge is 2.14. The molecule has 0 rings (SSSR count). The Kier molecular flexibility index (Phi) is 5.56. The van der Waals surface area contributed by atoms with Crippen molar-refractivity contribution in [3.63, 3.8) is 0 Å². The first-order valence-electron chi connectivity index (χ1n) is 3.59. The highest BCUT2D eigenvalue weighted by molar-refractivity contribution is 7.46. The highest BCUT2D eigenvalue weighted by atomic mass is 31.2. The lowest BCUT2D eigenvalue weighted by atomic mass is 10.5. The molecule has 0 unspecified atom stereocenters. The van der Waals surface area contributed by atoms with E-state index in [-0.39, 0.29) is 6.61 Å². The predicted molar refractivity (Wildman–Crippen MR) is 43.8 cm³/mol. The van der Waals surface area contributed by atoms with Crippen molar-refractivity contribution in [1.82, 2.24) is 0 Å². The summed E-state index contributed by atoms with van der Waals surface area (Å²) in [6, 6.07) is 0. The zero-order valence-corrected chi connectivity index (χ0v) is 8.24. The number of halogens is 1. The van der Waals surface area contributed by atoms with Gasteiger partial charge in [-0.3, -0.25) is 4.52 Å². The Bertz CT molecular complexity index is 269. The average molecular weight is 228 g/mol. The number of esters is 1. The summed E-state index contributed by atoms with van der Waals surface area (Å²) in [6.45, 7) is 0.811. The molecular weight excluding hydrogens is 218 g/mol. The van der Waals surface area contributed by atoms with Crippen LogP contribution in [0.25, 0.3) is 0 Å². The summed E-state index contributed by atoms with van der Waals surface area (Å²) in [5.74, 6) is -2.44. The molecule has 0 saturated heterocycles. The fraction of sp³-hybridized carbons (Fsp3) is 0.500. The predicted octanol–water partition coefficient (Wildman–Crippen LogP) is 0.512. The summed E-state index contributed by atoms with van der Waals surface area (Å²) in [7, 11) is -4.63. The molecule has 0 aliphatic carbocycles. The Hall–Kier alpha value is -0.750. The van der Waals surface area contributed by atoms with Crippen molar-refractivity contribution in [2.75, 3.05) is 13.2 Å². The van der Waals surface area contributed by atoms with Gasteiger partial charge >= 0.3 is 13.8 Å². The second-order valence-corrected chi connectivity index (χ2v) is 3.30. The van der Waals surface area contributed by atoms with Crippen molar-refractivity contribution < 1.29 is 32.8 Å². The van der Waals surface area contributed by atoms with Gasteiger partial charge in [0, 0.05) is 0 Å². The van der Waals surface area contributed by atoms with Crippen LogP contribution >= 0.6 is 7.82 Å². The van der Waals surface area contributed by atoms with Gasteiger partial charge in [-0.25, -0.2) is 9.36 Å². The van der Waals surface area contributed by atoms with Crippen LogP contribution in [0.5, 0.6) is 0 Å². The molecule has 0 aromatic heterocycles. The topological polar surface area (TPSA) is 93.1 Å². The molecule has 0 atom stereocenters. The fourth-order valence-electron chi connectivity index (χ4n) is 0.491.